The van der Waals surface area contributed by atoms with E-state index in [0.29, 0.717) is 0 Å². The van der Waals surface area contributed by atoms with Crippen LogP contribution in [0.1, 0.15) is 26.7 Å². The quantitative estimate of drug-likeness (QED) is 0.452. The lowest BCUT2D eigenvalue weighted by Gasteiger charge is -2.37. The Balaban J connectivity index is 1.73. The van der Waals surface area contributed by atoms with Crippen LogP contribution in [0.4, 0.5) is 0 Å². The second-order valence-electron chi connectivity index (χ2n) is 5.64. The van der Waals surface area contributed by atoms with Crippen LogP contribution in [-0.2, 0) is 0 Å². The highest BCUT2D eigenvalue weighted by Crippen LogP contribution is 1.95. The maximum atomic E-state index is 2.33. The van der Waals surface area contributed by atoms with Gasteiger partial charge in [0, 0.05) is 12.8 Å². The average Bonchev–Trinajstić information content (AvgIpc) is 2.39. The highest BCUT2D eigenvalue weighted by molar-refractivity contribution is 4.60. The van der Waals surface area contributed by atoms with Gasteiger partial charge in [0.15, 0.2) is 0 Å². The van der Waals surface area contributed by atoms with Gasteiger partial charge in [0.25, 0.3) is 0 Å². The molecule has 3 nitrogen and oxygen atoms in total. The monoisotopic (exact) mass is 228 g/mol. The number of piperazine rings is 1. The summed E-state index contributed by atoms with van der Waals surface area (Å²) in [4.78, 5) is 5.57. The summed E-state index contributed by atoms with van der Waals surface area (Å²) in [6, 6.07) is 0.994. The molecule has 0 spiro atoms. The molecule has 0 radical (unpaired) electrons. The zero-order valence-electron chi connectivity index (χ0n) is 11.1. The predicted molar refractivity (Wildman–Crippen MR) is 66.2 cm³/mol. The van der Waals surface area contributed by atoms with E-state index < -0.39 is 0 Å². The maximum absolute atomic E-state index is 2.33. The molecule has 0 aromatic carbocycles. The maximum Gasteiger partial charge on any atom is 0.127 e. The molecule has 2 aliphatic heterocycles. The van der Waals surface area contributed by atoms with Crippen LogP contribution in [0.25, 0.3) is 0 Å². The third-order valence-corrected chi connectivity index (χ3v) is 4.87. The Morgan fingerprint density at radius 3 is 1.75 bits per heavy atom. The normalized spacial score (nSPS) is 40.9. The molecular weight excluding hydrogens is 198 g/mol. The van der Waals surface area contributed by atoms with Crippen molar-refractivity contribution in [3.8, 4) is 0 Å². The van der Waals surface area contributed by atoms with Gasteiger partial charge in [-0.05, 0) is 13.8 Å². The Hall–Kier alpha value is -0.120. The van der Waals surface area contributed by atoms with E-state index in [1.165, 1.54) is 65.2 Å². The molecule has 2 fully saturated rings. The van der Waals surface area contributed by atoms with Gasteiger partial charge < -0.3 is 14.7 Å². The molecule has 0 unspecified atom stereocenters. The molecule has 94 valence electrons. The van der Waals surface area contributed by atoms with Gasteiger partial charge in [-0.1, -0.05) is 0 Å². The highest BCUT2D eigenvalue weighted by atomic mass is 15.3. The van der Waals surface area contributed by atoms with E-state index in [4.69, 9.17) is 0 Å². The van der Waals surface area contributed by atoms with E-state index in [9.17, 15) is 0 Å². The summed E-state index contributed by atoms with van der Waals surface area (Å²) >= 11 is 0. The molecule has 2 saturated heterocycles. The van der Waals surface area contributed by atoms with E-state index in [1.807, 2.05) is 14.7 Å². The standard InChI is InChI=1S/C13H27N3/c1-3-14-7-5-13(6-8-14)16-11-9-15(4-2)10-12-16/h13H,3-12H2,1-2H3/p+3. The average molecular weight is 228 g/mol. The van der Waals surface area contributed by atoms with Crippen LogP contribution in [0.15, 0.2) is 0 Å². The molecule has 0 saturated carbocycles. The van der Waals surface area contributed by atoms with Gasteiger partial charge in [-0.3, -0.25) is 0 Å². The molecule has 16 heavy (non-hydrogen) atoms. The van der Waals surface area contributed by atoms with Crippen molar-refractivity contribution in [3.63, 3.8) is 0 Å². The minimum atomic E-state index is 0.994. The summed E-state index contributed by atoms with van der Waals surface area (Å²) in [5.74, 6) is 0. The van der Waals surface area contributed by atoms with Crippen molar-refractivity contribution in [1.82, 2.24) is 0 Å². The third-order valence-electron chi connectivity index (χ3n) is 4.87. The smallest absolute Gasteiger partial charge is 0.127 e. The third kappa shape index (κ3) is 2.96. The van der Waals surface area contributed by atoms with Gasteiger partial charge >= 0.3 is 0 Å². The van der Waals surface area contributed by atoms with Crippen molar-refractivity contribution in [2.24, 2.45) is 0 Å². The van der Waals surface area contributed by atoms with Crippen molar-refractivity contribution < 1.29 is 14.7 Å². The zero-order valence-corrected chi connectivity index (χ0v) is 11.1. The Bertz CT molecular complexity index is 169. The van der Waals surface area contributed by atoms with Crippen molar-refractivity contribution >= 4 is 0 Å². The number of piperidine rings is 1. The van der Waals surface area contributed by atoms with Crippen molar-refractivity contribution in [3.05, 3.63) is 0 Å². The van der Waals surface area contributed by atoms with Crippen LogP contribution in [0.5, 0.6) is 0 Å². The van der Waals surface area contributed by atoms with Crippen LogP contribution in [0.2, 0.25) is 0 Å². The second kappa shape index (κ2) is 5.99. The number of quaternary nitrogens is 3. The van der Waals surface area contributed by atoms with Gasteiger partial charge in [0.05, 0.1) is 32.2 Å². The first-order valence-electron chi connectivity index (χ1n) is 7.35. The summed E-state index contributed by atoms with van der Waals surface area (Å²) in [6.07, 6.45) is 2.94. The van der Waals surface area contributed by atoms with Gasteiger partial charge in [0.2, 0.25) is 0 Å². The number of likely N-dealkylation sites (N-methyl/N-ethyl adjacent to an activating group) is 1. The largest absolute Gasteiger partial charge is 0.335 e. The van der Waals surface area contributed by atoms with Crippen LogP contribution in [0, 0.1) is 0 Å². The number of hydrogen-bond donors (Lipinski definition) is 3. The van der Waals surface area contributed by atoms with Crippen LogP contribution in [0.3, 0.4) is 0 Å². The Morgan fingerprint density at radius 2 is 1.25 bits per heavy atom. The Kier molecular flexibility index (Phi) is 4.62. The molecule has 2 heterocycles. The second-order valence-corrected chi connectivity index (χ2v) is 5.64. The van der Waals surface area contributed by atoms with Gasteiger partial charge in [0.1, 0.15) is 26.2 Å². The lowest BCUT2D eigenvalue weighted by Crippen LogP contribution is -3.30. The fraction of sp³-hybridized carbons (Fsp3) is 1.00. The molecule has 3 N–H and O–H groups in total. The minimum absolute atomic E-state index is 0.994. The predicted octanol–water partition coefficient (Wildman–Crippen LogP) is -3.14. The molecule has 0 aromatic heterocycles. The molecule has 0 aromatic rings. The van der Waals surface area contributed by atoms with Gasteiger partial charge in [-0.2, -0.15) is 0 Å². The van der Waals surface area contributed by atoms with Gasteiger partial charge in [-0.15, -0.1) is 0 Å². The molecule has 3 heteroatoms. The summed E-state index contributed by atoms with van der Waals surface area (Å²) in [6.45, 7) is 15.8. The van der Waals surface area contributed by atoms with E-state index in [2.05, 4.69) is 13.8 Å². The van der Waals surface area contributed by atoms with Crippen molar-refractivity contribution in [2.45, 2.75) is 32.7 Å². The first-order chi connectivity index (χ1) is 7.83. The first kappa shape index (κ1) is 12.3. The number of nitrogens with one attached hydrogen (secondary N) is 3. The van der Waals surface area contributed by atoms with E-state index in [0.717, 1.165) is 6.04 Å². The Labute approximate surface area is 100 Å². The molecule has 0 aliphatic carbocycles. The molecule has 0 amide bonds. The Morgan fingerprint density at radius 1 is 0.750 bits per heavy atom. The van der Waals surface area contributed by atoms with Crippen LogP contribution >= 0.6 is 0 Å². The summed E-state index contributed by atoms with van der Waals surface area (Å²) < 4.78 is 0. The van der Waals surface area contributed by atoms with E-state index >= 15 is 0 Å². The topological polar surface area (TPSA) is 13.3 Å². The summed E-state index contributed by atoms with van der Waals surface area (Å²) in [7, 11) is 0. The number of rotatable bonds is 3. The van der Waals surface area contributed by atoms with Crippen LogP contribution < -0.4 is 14.7 Å². The van der Waals surface area contributed by atoms with Crippen molar-refractivity contribution in [2.75, 3.05) is 52.4 Å². The van der Waals surface area contributed by atoms with E-state index in [1.54, 1.807) is 0 Å². The van der Waals surface area contributed by atoms with Crippen LogP contribution in [-0.4, -0.2) is 58.4 Å². The lowest BCUT2D eigenvalue weighted by molar-refractivity contribution is -1.03. The fourth-order valence-corrected chi connectivity index (χ4v) is 3.47. The lowest BCUT2D eigenvalue weighted by atomic mass is 10.0. The SMILES string of the molecule is CC[NH+]1CCC([NH+]2CC[NH+](CC)CC2)CC1. The molecule has 0 bridgehead atoms. The molecular formula is C13H30N3+3. The first-order valence-corrected chi connectivity index (χ1v) is 7.35. The number of hydrogen-bond acceptors (Lipinski definition) is 0. The van der Waals surface area contributed by atoms with E-state index in [-0.39, 0.29) is 0 Å². The summed E-state index contributed by atoms with van der Waals surface area (Å²) in [5.41, 5.74) is 0. The molecule has 0 atom stereocenters. The highest BCUT2D eigenvalue weighted by Gasteiger charge is 2.32. The minimum Gasteiger partial charge on any atom is -0.335 e. The van der Waals surface area contributed by atoms with Gasteiger partial charge in [-0.25, -0.2) is 0 Å². The van der Waals surface area contributed by atoms with Crippen molar-refractivity contribution in [1.29, 1.82) is 0 Å². The summed E-state index contributed by atoms with van der Waals surface area (Å²) in [5, 5.41) is 0. The molecule has 2 aliphatic rings. The number of likely N-dealkylation sites (tertiary alicyclic amines) is 1. The fourth-order valence-electron chi connectivity index (χ4n) is 3.47. The molecule has 2 rings (SSSR count). The zero-order chi connectivity index (χ0) is 11.4.